The van der Waals surface area contributed by atoms with Crippen LogP contribution >= 0.6 is 0 Å². The van der Waals surface area contributed by atoms with Crippen LogP contribution in [0.2, 0.25) is 0 Å². The first-order valence-electron chi connectivity index (χ1n) is 8.39. The van der Waals surface area contributed by atoms with E-state index in [1.807, 2.05) is 54.8 Å². The first kappa shape index (κ1) is 16.5. The third-order valence-electron chi connectivity index (χ3n) is 4.18. The minimum atomic E-state index is -0.447. The summed E-state index contributed by atoms with van der Waals surface area (Å²) in [5, 5.41) is 0. The monoisotopic (exact) mass is 330 g/mol. The summed E-state index contributed by atoms with van der Waals surface area (Å²) in [7, 11) is 0. The molecule has 0 radical (unpaired) electrons. The molecular weight excluding hydrogens is 304 g/mol. The Bertz CT molecular complexity index is 711. The van der Waals surface area contributed by atoms with E-state index in [0.717, 1.165) is 37.6 Å². The van der Waals surface area contributed by atoms with Crippen LogP contribution in [0.3, 0.4) is 0 Å². The summed E-state index contributed by atoms with van der Waals surface area (Å²) in [6, 6.07) is 5.99. The van der Waals surface area contributed by atoms with Crippen LogP contribution in [0.15, 0.2) is 36.8 Å². The van der Waals surface area contributed by atoms with Crippen molar-refractivity contribution < 1.29 is 9.53 Å². The quantitative estimate of drug-likeness (QED) is 0.940. The molecule has 6 nitrogen and oxygen atoms in total. The minimum Gasteiger partial charge on any atom is -0.444 e. The van der Waals surface area contributed by atoms with Crippen molar-refractivity contribution in [3.63, 3.8) is 0 Å². The van der Waals surface area contributed by atoms with Gasteiger partial charge in [-0.3, -0.25) is 0 Å². The fraction of sp³-hybridized carbons (Fsp3) is 0.500. The molecule has 130 valence electrons. The fourth-order valence-corrected chi connectivity index (χ4v) is 3.10. The van der Waals surface area contributed by atoms with Gasteiger partial charge in [-0.05, 0) is 51.3 Å². The number of ether oxygens (including phenoxy) is 1. The minimum absolute atomic E-state index is 0.212. The van der Waals surface area contributed by atoms with Gasteiger partial charge < -0.3 is 24.5 Å². The Kier molecular flexibility index (Phi) is 4.30. The predicted molar refractivity (Wildman–Crippen MR) is 94.1 cm³/mol. The number of carbonyl (C=O) groups is 1. The highest BCUT2D eigenvalue weighted by Gasteiger charge is 2.30. The van der Waals surface area contributed by atoms with Gasteiger partial charge >= 0.3 is 6.09 Å². The van der Waals surface area contributed by atoms with Crippen molar-refractivity contribution in [2.75, 3.05) is 18.8 Å². The predicted octanol–water partition coefficient (Wildman–Crippen LogP) is 3.12. The van der Waals surface area contributed by atoms with Gasteiger partial charge in [0.2, 0.25) is 0 Å². The van der Waals surface area contributed by atoms with Crippen LogP contribution in [-0.4, -0.2) is 38.8 Å². The number of anilines is 1. The molecule has 24 heavy (non-hydrogen) atoms. The van der Waals surface area contributed by atoms with E-state index in [9.17, 15) is 4.79 Å². The summed E-state index contributed by atoms with van der Waals surface area (Å²) in [6.07, 6.45) is 6.72. The molecule has 1 saturated heterocycles. The summed E-state index contributed by atoms with van der Waals surface area (Å²) in [5.41, 5.74) is 6.11. The molecule has 6 heteroatoms. The smallest absolute Gasteiger partial charge is 0.410 e. The van der Waals surface area contributed by atoms with E-state index < -0.39 is 5.60 Å². The Morgan fingerprint density at radius 3 is 2.79 bits per heavy atom. The van der Waals surface area contributed by atoms with E-state index >= 15 is 0 Å². The van der Waals surface area contributed by atoms with Crippen LogP contribution in [0, 0.1) is 5.92 Å². The molecule has 3 heterocycles. The van der Waals surface area contributed by atoms with Gasteiger partial charge in [0.05, 0.1) is 0 Å². The Morgan fingerprint density at radius 2 is 2.12 bits per heavy atom. The first-order chi connectivity index (χ1) is 11.3. The Hall–Kier alpha value is -2.37. The summed E-state index contributed by atoms with van der Waals surface area (Å²) in [5.74, 6) is 1.51. The largest absolute Gasteiger partial charge is 0.444 e. The molecule has 1 aliphatic heterocycles. The number of hydrogen-bond acceptors (Lipinski definition) is 3. The Morgan fingerprint density at radius 1 is 1.33 bits per heavy atom. The van der Waals surface area contributed by atoms with Gasteiger partial charge in [-0.2, -0.15) is 0 Å². The molecule has 1 amide bonds. The highest BCUT2D eigenvalue weighted by molar-refractivity contribution is 5.68. The molecule has 2 aromatic heterocycles. The Labute approximate surface area is 142 Å². The lowest BCUT2D eigenvalue weighted by Crippen LogP contribution is -2.35. The average Bonchev–Trinajstić information content (AvgIpc) is 3.17. The van der Waals surface area contributed by atoms with E-state index in [1.54, 1.807) is 0 Å². The third kappa shape index (κ3) is 3.75. The van der Waals surface area contributed by atoms with Crippen molar-refractivity contribution in [3.8, 4) is 5.82 Å². The highest BCUT2D eigenvalue weighted by Crippen LogP contribution is 2.23. The van der Waals surface area contributed by atoms with Crippen molar-refractivity contribution in [3.05, 3.63) is 36.8 Å². The van der Waals surface area contributed by atoms with Crippen LogP contribution in [-0.2, 0) is 11.3 Å². The van der Waals surface area contributed by atoms with E-state index in [2.05, 4.69) is 16.8 Å². The number of aromatic nitrogens is 2. The molecule has 2 aromatic rings. The van der Waals surface area contributed by atoms with Crippen LogP contribution in [0.25, 0.3) is 5.82 Å². The van der Waals surface area contributed by atoms with Crippen molar-refractivity contribution in [2.45, 2.75) is 39.3 Å². The number of nitrogen functional groups attached to an aromatic ring is 1. The maximum Gasteiger partial charge on any atom is 0.410 e. The molecule has 3 rings (SSSR count). The zero-order chi connectivity index (χ0) is 17.3. The van der Waals surface area contributed by atoms with E-state index in [0.29, 0.717) is 5.92 Å². The van der Waals surface area contributed by atoms with Crippen LogP contribution in [0.4, 0.5) is 10.5 Å². The van der Waals surface area contributed by atoms with Crippen molar-refractivity contribution >= 4 is 11.8 Å². The maximum absolute atomic E-state index is 12.2. The second kappa shape index (κ2) is 6.26. The van der Waals surface area contributed by atoms with Crippen molar-refractivity contribution in [2.24, 2.45) is 5.92 Å². The number of nitrogens with zero attached hydrogens (tertiary/aromatic N) is 3. The number of nitrogens with two attached hydrogens (primary N) is 1. The normalized spacial score (nSPS) is 18.1. The standard InChI is InChI=1S/C18H26N4O2/c1-18(2,3)24-17(23)22-9-6-14(12-22)11-20-8-4-5-16(20)21-10-7-15(19)13-21/h4-5,7-8,10,13-14H,6,9,11-12,19H2,1-3H3. The van der Waals surface area contributed by atoms with Gasteiger partial charge in [-0.25, -0.2) is 4.79 Å². The molecule has 0 bridgehead atoms. The summed E-state index contributed by atoms with van der Waals surface area (Å²) >= 11 is 0. The molecule has 0 saturated carbocycles. The molecule has 1 unspecified atom stereocenters. The second-order valence-electron chi connectivity index (χ2n) is 7.45. The number of likely N-dealkylation sites (tertiary alicyclic amines) is 1. The van der Waals surface area contributed by atoms with Crippen LogP contribution in [0.1, 0.15) is 27.2 Å². The average molecular weight is 330 g/mol. The van der Waals surface area contributed by atoms with Gasteiger partial charge in [-0.15, -0.1) is 0 Å². The number of hydrogen-bond donors (Lipinski definition) is 1. The van der Waals surface area contributed by atoms with Crippen LogP contribution in [0.5, 0.6) is 0 Å². The lowest BCUT2D eigenvalue weighted by atomic mass is 10.1. The second-order valence-corrected chi connectivity index (χ2v) is 7.45. The number of carbonyl (C=O) groups excluding carboxylic acids is 1. The van der Waals surface area contributed by atoms with E-state index in [4.69, 9.17) is 10.5 Å². The molecule has 1 aliphatic rings. The third-order valence-corrected chi connectivity index (χ3v) is 4.18. The Balaban J connectivity index is 1.63. The van der Waals surface area contributed by atoms with Crippen molar-refractivity contribution in [1.82, 2.24) is 14.0 Å². The van der Waals surface area contributed by atoms with Gasteiger partial charge in [0.25, 0.3) is 0 Å². The van der Waals surface area contributed by atoms with Crippen LogP contribution < -0.4 is 5.73 Å². The first-order valence-corrected chi connectivity index (χ1v) is 8.39. The molecule has 0 aromatic carbocycles. The van der Waals surface area contributed by atoms with E-state index in [1.165, 1.54) is 0 Å². The highest BCUT2D eigenvalue weighted by atomic mass is 16.6. The van der Waals surface area contributed by atoms with E-state index in [-0.39, 0.29) is 6.09 Å². The molecular formula is C18H26N4O2. The summed E-state index contributed by atoms with van der Waals surface area (Å²) < 4.78 is 9.70. The molecule has 1 atom stereocenters. The van der Waals surface area contributed by atoms with Gasteiger partial charge in [0, 0.05) is 43.9 Å². The topological polar surface area (TPSA) is 65.4 Å². The van der Waals surface area contributed by atoms with Gasteiger partial charge in [-0.1, -0.05) is 0 Å². The SMILES string of the molecule is CC(C)(C)OC(=O)N1CCC(Cn2cccc2-n2ccc(N)c2)C1. The lowest BCUT2D eigenvalue weighted by Gasteiger charge is -2.24. The molecule has 2 N–H and O–H groups in total. The molecule has 1 fully saturated rings. The maximum atomic E-state index is 12.2. The number of rotatable bonds is 3. The van der Waals surface area contributed by atoms with Gasteiger partial charge in [0.1, 0.15) is 11.4 Å². The lowest BCUT2D eigenvalue weighted by molar-refractivity contribution is 0.0287. The molecule has 0 aliphatic carbocycles. The fourth-order valence-electron chi connectivity index (χ4n) is 3.10. The molecule has 0 spiro atoms. The summed E-state index contributed by atoms with van der Waals surface area (Å²) in [6.45, 7) is 8.06. The van der Waals surface area contributed by atoms with Crippen molar-refractivity contribution in [1.29, 1.82) is 0 Å². The zero-order valence-electron chi connectivity index (χ0n) is 14.6. The zero-order valence-corrected chi connectivity index (χ0v) is 14.6. The van der Waals surface area contributed by atoms with Gasteiger partial charge in [0.15, 0.2) is 0 Å². The summed E-state index contributed by atoms with van der Waals surface area (Å²) in [4.78, 5) is 14.0. The number of amides is 1.